The lowest BCUT2D eigenvalue weighted by atomic mass is 10.0. The molecule has 3 rings (SSSR count). The molecule has 4 nitrogen and oxygen atoms in total. The molecule has 1 aliphatic heterocycles. The van der Waals surface area contributed by atoms with Gasteiger partial charge in [-0.05, 0) is 12.1 Å². The predicted molar refractivity (Wildman–Crippen MR) is 76.5 cm³/mol. The highest BCUT2D eigenvalue weighted by Gasteiger charge is 2.17. The van der Waals surface area contributed by atoms with E-state index in [1.54, 1.807) is 6.07 Å². The average Bonchev–Trinajstić information content (AvgIpc) is 2.69. The standard InChI is InChI=1S/C14H15FN2O2.ClH/c15-11-1-2-12-10(8-19-13(12)4-11)3-14(18)17-7-9-5-16-6-9;/h1-2,4,8-9,16H,3,5-7H2,(H,17,18);1H. The molecule has 108 valence electrons. The van der Waals surface area contributed by atoms with Gasteiger partial charge >= 0.3 is 0 Å². The molecule has 2 aromatic rings. The Balaban J connectivity index is 0.00000147. The van der Waals surface area contributed by atoms with Crippen molar-refractivity contribution in [1.82, 2.24) is 10.6 Å². The summed E-state index contributed by atoms with van der Waals surface area (Å²) >= 11 is 0. The Labute approximate surface area is 122 Å². The van der Waals surface area contributed by atoms with Gasteiger partial charge in [0.25, 0.3) is 0 Å². The lowest BCUT2D eigenvalue weighted by molar-refractivity contribution is -0.120. The van der Waals surface area contributed by atoms with Crippen LogP contribution in [0.15, 0.2) is 28.9 Å². The molecule has 0 spiro atoms. The van der Waals surface area contributed by atoms with Crippen LogP contribution in [0.25, 0.3) is 11.0 Å². The fourth-order valence-electron chi connectivity index (χ4n) is 2.18. The van der Waals surface area contributed by atoms with Gasteiger partial charge in [-0.3, -0.25) is 4.79 Å². The highest BCUT2D eigenvalue weighted by atomic mass is 35.5. The van der Waals surface area contributed by atoms with Gasteiger partial charge in [0.1, 0.15) is 11.4 Å². The topological polar surface area (TPSA) is 54.3 Å². The number of halogens is 2. The molecule has 0 radical (unpaired) electrons. The zero-order chi connectivity index (χ0) is 13.2. The molecule has 0 unspecified atom stereocenters. The molecule has 1 aromatic heterocycles. The van der Waals surface area contributed by atoms with E-state index in [-0.39, 0.29) is 30.6 Å². The Morgan fingerprint density at radius 2 is 2.25 bits per heavy atom. The van der Waals surface area contributed by atoms with Crippen LogP contribution in [-0.2, 0) is 11.2 Å². The van der Waals surface area contributed by atoms with Gasteiger partial charge in [-0.1, -0.05) is 0 Å². The summed E-state index contributed by atoms with van der Waals surface area (Å²) in [4.78, 5) is 11.8. The van der Waals surface area contributed by atoms with E-state index in [1.165, 1.54) is 18.4 Å². The minimum absolute atomic E-state index is 0. The maximum Gasteiger partial charge on any atom is 0.224 e. The van der Waals surface area contributed by atoms with Gasteiger partial charge in [0.15, 0.2) is 0 Å². The summed E-state index contributed by atoms with van der Waals surface area (Å²) in [6.07, 6.45) is 1.79. The largest absolute Gasteiger partial charge is 0.464 e. The highest BCUT2D eigenvalue weighted by molar-refractivity contribution is 5.87. The number of amides is 1. The van der Waals surface area contributed by atoms with Crippen LogP contribution in [0.2, 0.25) is 0 Å². The lowest BCUT2D eigenvalue weighted by Gasteiger charge is -2.27. The van der Waals surface area contributed by atoms with Crippen molar-refractivity contribution in [3.8, 4) is 0 Å². The molecule has 1 amide bonds. The summed E-state index contributed by atoms with van der Waals surface area (Å²) < 4.78 is 18.3. The van der Waals surface area contributed by atoms with Crippen LogP contribution >= 0.6 is 12.4 Å². The van der Waals surface area contributed by atoms with Crippen LogP contribution in [0.5, 0.6) is 0 Å². The molecule has 2 heterocycles. The summed E-state index contributed by atoms with van der Waals surface area (Å²) in [6.45, 7) is 2.64. The molecule has 0 atom stereocenters. The quantitative estimate of drug-likeness (QED) is 0.906. The third-order valence-corrected chi connectivity index (χ3v) is 3.42. The summed E-state index contributed by atoms with van der Waals surface area (Å²) in [7, 11) is 0. The van der Waals surface area contributed by atoms with Crippen LogP contribution in [0, 0.1) is 11.7 Å². The van der Waals surface area contributed by atoms with Gasteiger partial charge in [-0.2, -0.15) is 0 Å². The fourth-order valence-corrected chi connectivity index (χ4v) is 2.18. The number of hydrogen-bond acceptors (Lipinski definition) is 3. The normalized spacial score (nSPS) is 14.7. The Bertz CT molecular complexity index is 610. The third-order valence-electron chi connectivity index (χ3n) is 3.42. The van der Waals surface area contributed by atoms with Crippen LogP contribution in [0.1, 0.15) is 5.56 Å². The Kier molecular flexibility index (Phi) is 4.62. The molecule has 2 N–H and O–H groups in total. The first-order chi connectivity index (χ1) is 9.22. The summed E-state index contributed by atoms with van der Waals surface area (Å²) in [6, 6.07) is 4.35. The van der Waals surface area contributed by atoms with Crippen molar-refractivity contribution >= 4 is 29.3 Å². The zero-order valence-electron chi connectivity index (χ0n) is 10.8. The number of rotatable bonds is 4. The summed E-state index contributed by atoms with van der Waals surface area (Å²) in [5, 5.41) is 6.86. The van der Waals surface area contributed by atoms with E-state index in [9.17, 15) is 9.18 Å². The predicted octanol–water partition coefficient (Wildman–Crippen LogP) is 1.87. The second-order valence-corrected chi connectivity index (χ2v) is 4.91. The second-order valence-electron chi connectivity index (χ2n) is 4.91. The highest BCUT2D eigenvalue weighted by Crippen LogP contribution is 2.22. The van der Waals surface area contributed by atoms with Crippen LogP contribution in [0.3, 0.4) is 0 Å². The fraction of sp³-hybridized carbons (Fsp3) is 0.357. The van der Waals surface area contributed by atoms with Crippen molar-refractivity contribution in [1.29, 1.82) is 0 Å². The third kappa shape index (κ3) is 3.11. The molecule has 6 heteroatoms. The summed E-state index contributed by atoms with van der Waals surface area (Å²) in [5.41, 5.74) is 1.27. The molecular weight excluding hydrogens is 283 g/mol. The zero-order valence-corrected chi connectivity index (χ0v) is 11.6. The van der Waals surface area contributed by atoms with Crippen molar-refractivity contribution in [3.05, 3.63) is 35.8 Å². The maximum atomic E-state index is 13.0. The number of hydrogen-bond donors (Lipinski definition) is 2. The van der Waals surface area contributed by atoms with Crippen molar-refractivity contribution in [2.24, 2.45) is 5.92 Å². The van der Waals surface area contributed by atoms with E-state index in [4.69, 9.17) is 4.42 Å². The van der Waals surface area contributed by atoms with Gasteiger partial charge in [0.2, 0.25) is 5.91 Å². The number of carbonyl (C=O) groups is 1. The molecular formula is C14H16ClFN2O2. The molecule has 1 fully saturated rings. The molecule has 0 aliphatic carbocycles. The van der Waals surface area contributed by atoms with Crippen molar-refractivity contribution in [3.63, 3.8) is 0 Å². The van der Waals surface area contributed by atoms with E-state index in [2.05, 4.69) is 10.6 Å². The van der Waals surface area contributed by atoms with Crippen molar-refractivity contribution < 1.29 is 13.6 Å². The monoisotopic (exact) mass is 298 g/mol. The Morgan fingerprint density at radius 1 is 1.45 bits per heavy atom. The molecule has 1 aliphatic rings. The maximum absolute atomic E-state index is 13.0. The first-order valence-corrected chi connectivity index (χ1v) is 6.35. The van der Waals surface area contributed by atoms with E-state index in [1.807, 2.05) is 0 Å². The van der Waals surface area contributed by atoms with Crippen molar-refractivity contribution in [2.75, 3.05) is 19.6 Å². The molecule has 0 saturated carbocycles. The van der Waals surface area contributed by atoms with Crippen LogP contribution in [-0.4, -0.2) is 25.5 Å². The lowest BCUT2D eigenvalue weighted by Crippen LogP contribution is -2.48. The minimum atomic E-state index is -0.338. The SMILES string of the molecule is Cl.O=C(Cc1coc2cc(F)ccc12)NCC1CNC1. The number of nitrogens with one attached hydrogen (secondary N) is 2. The van der Waals surface area contributed by atoms with E-state index in [0.717, 1.165) is 24.0 Å². The first kappa shape index (κ1) is 14.8. The van der Waals surface area contributed by atoms with Gasteiger partial charge < -0.3 is 15.1 Å². The molecule has 0 bridgehead atoms. The van der Waals surface area contributed by atoms with Gasteiger partial charge in [-0.15, -0.1) is 12.4 Å². The average molecular weight is 299 g/mol. The van der Waals surface area contributed by atoms with Gasteiger partial charge in [0, 0.05) is 42.6 Å². The number of carbonyl (C=O) groups excluding carboxylic acids is 1. The van der Waals surface area contributed by atoms with Crippen molar-refractivity contribution in [2.45, 2.75) is 6.42 Å². The van der Waals surface area contributed by atoms with Gasteiger partial charge in [-0.25, -0.2) is 4.39 Å². The van der Waals surface area contributed by atoms with Crippen LogP contribution < -0.4 is 10.6 Å². The van der Waals surface area contributed by atoms with E-state index >= 15 is 0 Å². The van der Waals surface area contributed by atoms with Crippen LogP contribution in [0.4, 0.5) is 4.39 Å². The Hall–Kier alpha value is -1.59. The molecule has 20 heavy (non-hydrogen) atoms. The second kappa shape index (κ2) is 6.24. The first-order valence-electron chi connectivity index (χ1n) is 6.35. The van der Waals surface area contributed by atoms with E-state index in [0.29, 0.717) is 18.0 Å². The number of fused-ring (bicyclic) bond motifs is 1. The Morgan fingerprint density at radius 3 is 2.95 bits per heavy atom. The number of benzene rings is 1. The van der Waals surface area contributed by atoms with E-state index < -0.39 is 0 Å². The smallest absolute Gasteiger partial charge is 0.224 e. The minimum Gasteiger partial charge on any atom is -0.464 e. The van der Waals surface area contributed by atoms with Gasteiger partial charge in [0.05, 0.1) is 12.7 Å². The summed E-state index contributed by atoms with van der Waals surface area (Å²) in [5.74, 6) is 0.174. The number of furan rings is 1. The molecule has 1 aromatic carbocycles. The molecule has 1 saturated heterocycles.